The normalized spacial score (nSPS) is 10.9. The van der Waals surface area contributed by atoms with Crippen LogP contribution in [0.1, 0.15) is 11.5 Å². The van der Waals surface area contributed by atoms with Crippen LogP contribution in [0.3, 0.4) is 0 Å². The number of aromatic nitrogens is 1. The van der Waals surface area contributed by atoms with Crippen molar-refractivity contribution in [3.63, 3.8) is 0 Å². The van der Waals surface area contributed by atoms with E-state index in [4.69, 9.17) is 16.0 Å². The summed E-state index contributed by atoms with van der Waals surface area (Å²) in [6.07, 6.45) is 0. The Labute approximate surface area is 121 Å². The largest absolute Gasteiger partial charge is 0.508 e. The van der Waals surface area contributed by atoms with Gasteiger partial charge in [-0.05, 0) is 36.4 Å². The maximum Gasteiger partial charge on any atom is 0.192 e. The third-order valence-electron chi connectivity index (χ3n) is 3.02. The van der Waals surface area contributed by atoms with E-state index in [1.807, 2.05) is 25.1 Å². The first-order valence-electron chi connectivity index (χ1n) is 6.20. The molecule has 0 radical (unpaired) electrons. The highest BCUT2D eigenvalue weighted by Gasteiger charge is 2.05. The van der Waals surface area contributed by atoms with Crippen LogP contribution < -0.4 is 5.32 Å². The molecule has 4 nitrogen and oxygen atoms in total. The lowest BCUT2D eigenvalue weighted by atomic mass is 10.2. The van der Waals surface area contributed by atoms with Gasteiger partial charge >= 0.3 is 0 Å². The summed E-state index contributed by atoms with van der Waals surface area (Å²) in [5, 5.41) is 13.6. The summed E-state index contributed by atoms with van der Waals surface area (Å²) in [6.45, 7) is 2.30. The summed E-state index contributed by atoms with van der Waals surface area (Å²) in [4.78, 5) is 4.28. The van der Waals surface area contributed by atoms with Gasteiger partial charge in [0, 0.05) is 29.7 Å². The lowest BCUT2D eigenvalue weighted by molar-refractivity contribution is 0.469. The van der Waals surface area contributed by atoms with E-state index in [0.29, 0.717) is 17.5 Å². The Morgan fingerprint density at radius 1 is 1.25 bits per heavy atom. The zero-order valence-electron chi connectivity index (χ0n) is 10.9. The van der Waals surface area contributed by atoms with Crippen molar-refractivity contribution in [1.82, 2.24) is 4.98 Å². The van der Waals surface area contributed by atoms with Crippen LogP contribution in [0.4, 0.5) is 5.69 Å². The van der Waals surface area contributed by atoms with Gasteiger partial charge in [-0.3, -0.25) is 0 Å². The fraction of sp³-hybridized carbons (Fsp3) is 0.133. The highest BCUT2D eigenvalue weighted by molar-refractivity contribution is 6.30. The Morgan fingerprint density at radius 2 is 2.10 bits per heavy atom. The van der Waals surface area contributed by atoms with Gasteiger partial charge in [0.15, 0.2) is 11.5 Å². The highest BCUT2D eigenvalue weighted by atomic mass is 35.5. The van der Waals surface area contributed by atoms with Crippen molar-refractivity contribution in [2.24, 2.45) is 0 Å². The summed E-state index contributed by atoms with van der Waals surface area (Å²) < 4.78 is 5.42. The van der Waals surface area contributed by atoms with E-state index in [9.17, 15) is 5.11 Å². The van der Waals surface area contributed by atoms with Crippen LogP contribution in [-0.4, -0.2) is 10.1 Å². The third-order valence-corrected chi connectivity index (χ3v) is 3.25. The molecular weight excluding hydrogens is 276 g/mol. The predicted octanol–water partition coefficient (Wildman–Crippen LogP) is 4.11. The molecule has 5 heteroatoms. The standard InChI is InChI=1S/C15H13ClN2O2/c1-9-18-13-7-12(3-5-15(13)20-9)17-8-10-6-11(16)2-4-14(10)19/h2-7,17,19H,8H2,1H3. The molecule has 1 aromatic heterocycles. The molecule has 0 bridgehead atoms. The number of hydrogen-bond donors (Lipinski definition) is 2. The Balaban J connectivity index is 1.80. The van der Waals surface area contributed by atoms with Crippen molar-refractivity contribution in [2.45, 2.75) is 13.5 Å². The summed E-state index contributed by atoms with van der Waals surface area (Å²) in [5.74, 6) is 0.866. The highest BCUT2D eigenvalue weighted by Crippen LogP contribution is 2.24. The number of aromatic hydroxyl groups is 1. The molecule has 0 fully saturated rings. The predicted molar refractivity (Wildman–Crippen MR) is 79.2 cm³/mol. The Hall–Kier alpha value is -2.20. The van der Waals surface area contributed by atoms with E-state index in [1.165, 1.54) is 0 Å². The van der Waals surface area contributed by atoms with E-state index in [-0.39, 0.29) is 5.75 Å². The Morgan fingerprint density at radius 3 is 2.95 bits per heavy atom. The molecule has 0 saturated carbocycles. The summed E-state index contributed by atoms with van der Waals surface area (Å²) in [5.41, 5.74) is 3.22. The van der Waals surface area contributed by atoms with Gasteiger partial charge < -0.3 is 14.8 Å². The van der Waals surface area contributed by atoms with Gasteiger partial charge in [-0.2, -0.15) is 0 Å². The van der Waals surface area contributed by atoms with Crippen molar-refractivity contribution < 1.29 is 9.52 Å². The third kappa shape index (κ3) is 2.56. The van der Waals surface area contributed by atoms with Crippen LogP contribution in [-0.2, 0) is 6.54 Å². The maximum absolute atomic E-state index is 9.76. The van der Waals surface area contributed by atoms with E-state index >= 15 is 0 Å². The molecule has 102 valence electrons. The number of rotatable bonds is 3. The SMILES string of the molecule is Cc1nc2cc(NCc3cc(Cl)ccc3O)ccc2o1. The second-order valence-electron chi connectivity index (χ2n) is 4.54. The molecule has 3 rings (SSSR count). The van der Waals surface area contributed by atoms with Crippen molar-refractivity contribution in [2.75, 3.05) is 5.32 Å². The molecule has 0 aliphatic heterocycles. The molecule has 0 saturated heterocycles. The van der Waals surface area contributed by atoms with Crippen molar-refractivity contribution in [1.29, 1.82) is 0 Å². The van der Waals surface area contributed by atoms with E-state index in [2.05, 4.69) is 10.3 Å². The van der Waals surface area contributed by atoms with E-state index in [1.54, 1.807) is 18.2 Å². The first-order valence-corrected chi connectivity index (χ1v) is 6.58. The number of aryl methyl sites for hydroxylation is 1. The summed E-state index contributed by atoms with van der Waals surface area (Å²) in [7, 11) is 0. The molecule has 20 heavy (non-hydrogen) atoms. The molecular formula is C15H13ClN2O2. The molecule has 0 aliphatic carbocycles. The fourth-order valence-electron chi connectivity index (χ4n) is 2.05. The maximum atomic E-state index is 9.76. The molecule has 3 aromatic rings. The molecule has 0 unspecified atom stereocenters. The average Bonchev–Trinajstić information content (AvgIpc) is 2.79. The van der Waals surface area contributed by atoms with Crippen molar-refractivity contribution in [3.05, 3.63) is 52.9 Å². The van der Waals surface area contributed by atoms with Gasteiger partial charge in [0.05, 0.1) is 0 Å². The summed E-state index contributed by atoms with van der Waals surface area (Å²) >= 11 is 5.92. The van der Waals surface area contributed by atoms with Gasteiger partial charge in [-0.1, -0.05) is 11.6 Å². The lowest BCUT2D eigenvalue weighted by Crippen LogP contribution is -1.99. The van der Waals surface area contributed by atoms with Gasteiger partial charge in [-0.15, -0.1) is 0 Å². The number of oxazole rings is 1. The fourth-order valence-corrected chi connectivity index (χ4v) is 2.24. The zero-order valence-corrected chi connectivity index (χ0v) is 11.6. The number of fused-ring (bicyclic) bond motifs is 1. The quantitative estimate of drug-likeness (QED) is 0.761. The second kappa shape index (κ2) is 5.06. The average molecular weight is 289 g/mol. The van der Waals surface area contributed by atoms with Gasteiger partial charge in [0.25, 0.3) is 0 Å². The molecule has 2 N–H and O–H groups in total. The smallest absolute Gasteiger partial charge is 0.192 e. The molecule has 0 aliphatic rings. The molecule has 0 spiro atoms. The monoisotopic (exact) mass is 288 g/mol. The van der Waals surface area contributed by atoms with E-state index in [0.717, 1.165) is 22.4 Å². The van der Waals surface area contributed by atoms with Crippen LogP contribution in [0.2, 0.25) is 5.02 Å². The van der Waals surface area contributed by atoms with Gasteiger partial charge in [0.1, 0.15) is 11.3 Å². The summed E-state index contributed by atoms with van der Waals surface area (Å²) in [6, 6.07) is 10.7. The van der Waals surface area contributed by atoms with Gasteiger partial charge in [-0.25, -0.2) is 4.98 Å². The number of nitrogens with zero attached hydrogens (tertiary/aromatic N) is 1. The molecule has 0 atom stereocenters. The van der Waals surface area contributed by atoms with Crippen LogP contribution in [0.25, 0.3) is 11.1 Å². The number of nitrogens with one attached hydrogen (secondary N) is 1. The number of anilines is 1. The minimum atomic E-state index is 0.222. The minimum absolute atomic E-state index is 0.222. The van der Waals surface area contributed by atoms with Crippen LogP contribution in [0.15, 0.2) is 40.8 Å². The molecule has 0 amide bonds. The van der Waals surface area contributed by atoms with E-state index < -0.39 is 0 Å². The number of hydrogen-bond acceptors (Lipinski definition) is 4. The van der Waals surface area contributed by atoms with Crippen LogP contribution in [0.5, 0.6) is 5.75 Å². The number of benzene rings is 2. The molecule has 2 aromatic carbocycles. The lowest BCUT2D eigenvalue weighted by Gasteiger charge is -2.08. The van der Waals surface area contributed by atoms with Gasteiger partial charge in [0.2, 0.25) is 0 Å². The Kier molecular flexibility index (Phi) is 3.24. The number of phenolic OH excluding ortho intramolecular Hbond substituents is 1. The van der Waals surface area contributed by atoms with Crippen molar-refractivity contribution in [3.8, 4) is 5.75 Å². The topological polar surface area (TPSA) is 58.3 Å². The first-order chi connectivity index (χ1) is 9.61. The van der Waals surface area contributed by atoms with Crippen molar-refractivity contribution >= 4 is 28.4 Å². The Bertz CT molecular complexity index is 768. The first kappa shape index (κ1) is 12.8. The van der Waals surface area contributed by atoms with Crippen LogP contribution >= 0.6 is 11.6 Å². The minimum Gasteiger partial charge on any atom is -0.508 e. The molecule has 1 heterocycles. The second-order valence-corrected chi connectivity index (χ2v) is 4.98. The number of phenols is 1. The van der Waals surface area contributed by atoms with Crippen LogP contribution in [0, 0.1) is 6.92 Å². The zero-order chi connectivity index (χ0) is 14.1. The number of halogens is 1.